The molecule has 0 fully saturated rings. The van der Waals surface area contributed by atoms with Gasteiger partial charge in [-0.3, -0.25) is 5.43 Å². The van der Waals surface area contributed by atoms with E-state index in [0.29, 0.717) is 4.47 Å². The lowest BCUT2D eigenvalue weighted by atomic mass is 10.2. The second-order valence-corrected chi connectivity index (χ2v) is 3.90. The van der Waals surface area contributed by atoms with Gasteiger partial charge in [-0.05, 0) is 18.2 Å². The van der Waals surface area contributed by atoms with Gasteiger partial charge < -0.3 is 0 Å². The molecule has 0 aliphatic rings. The number of nitriles is 2. The first-order chi connectivity index (χ1) is 8.38. The van der Waals surface area contributed by atoms with Crippen LogP contribution in [0, 0.1) is 22.7 Å². The number of rotatable bonds is 2. The highest BCUT2D eigenvalue weighted by Crippen LogP contribution is 2.36. The largest absolute Gasteiger partial charge is 0.418 e. The topological polar surface area (TPSA) is 72.0 Å². The van der Waals surface area contributed by atoms with Crippen LogP contribution < -0.4 is 5.43 Å². The maximum atomic E-state index is 12.6. The third-order valence-corrected chi connectivity index (χ3v) is 2.28. The highest BCUT2D eigenvalue weighted by molar-refractivity contribution is 9.10. The van der Waals surface area contributed by atoms with Crippen molar-refractivity contribution >= 4 is 27.3 Å². The SMILES string of the molecule is N#CC(C#N)=NNc1cc(Br)ccc1C(F)(F)F. The van der Waals surface area contributed by atoms with E-state index in [1.54, 1.807) is 0 Å². The lowest BCUT2D eigenvalue weighted by molar-refractivity contribution is -0.137. The van der Waals surface area contributed by atoms with E-state index in [4.69, 9.17) is 10.5 Å². The Kier molecular flexibility index (Phi) is 4.29. The molecule has 0 aromatic heterocycles. The Hall–Kier alpha value is -2.06. The van der Waals surface area contributed by atoms with Crippen molar-refractivity contribution in [2.45, 2.75) is 6.18 Å². The molecule has 1 aromatic carbocycles. The molecule has 0 unspecified atom stereocenters. The summed E-state index contributed by atoms with van der Waals surface area (Å²) in [4.78, 5) is 0. The van der Waals surface area contributed by atoms with Crippen LogP contribution in [-0.2, 0) is 6.18 Å². The van der Waals surface area contributed by atoms with E-state index < -0.39 is 17.5 Å². The van der Waals surface area contributed by atoms with Crippen molar-refractivity contribution in [2.75, 3.05) is 5.43 Å². The summed E-state index contributed by atoms with van der Waals surface area (Å²) >= 11 is 3.02. The molecule has 1 aromatic rings. The van der Waals surface area contributed by atoms with Crippen molar-refractivity contribution in [3.8, 4) is 12.1 Å². The quantitative estimate of drug-likeness (QED) is 0.672. The fraction of sp³-hybridized carbons (Fsp3) is 0.100. The monoisotopic (exact) mass is 316 g/mol. The Balaban J connectivity index is 3.17. The number of benzene rings is 1. The summed E-state index contributed by atoms with van der Waals surface area (Å²) < 4.78 is 38.3. The fourth-order valence-electron chi connectivity index (χ4n) is 1.05. The maximum absolute atomic E-state index is 12.6. The lowest BCUT2D eigenvalue weighted by Crippen LogP contribution is -2.09. The Bertz CT molecular complexity index is 550. The molecule has 0 aliphatic heterocycles. The summed E-state index contributed by atoms with van der Waals surface area (Å²) in [6.07, 6.45) is -4.56. The smallest absolute Gasteiger partial charge is 0.276 e. The summed E-state index contributed by atoms with van der Waals surface area (Å²) in [5.74, 6) is 0. The molecule has 92 valence electrons. The molecule has 0 aliphatic carbocycles. The molecule has 1 rings (SSSR count). The average Bonchev–Trinajstić information content (AvgIpc) is 2.28. The van der Waals surface area contributed by atoms with Gasteiger partial charge in [0, 0.05) is 4.47 Å². The predicted molar refractivity (Wildman–Crippen MR) is 61.4 cm³/mol. The van der Waals surface area contributed by atoms with Crippen molar-refractivity contribution in [3.05, 3.63) is 28.2 Å². The number of anilines is 1. The van der Waals surface area contributed by atoms with Crippen LogP contribution in [0.4, 0.5) is 18.9 Å². The van der Waals surface area contributed by atoms with Crippen LogP contribution in [0.5, 0.6) is 0 Å². The molecule has 0 heterocycles. The van der Waals surface area contributed by atoms with E-state index in [-0.39, 0.29) is 5.69 Å². The normalized spacial score (nSPS) is 10.1. The van der Waals surface area contributed by atoms with E-state index in [1.165, 1.54) is 18.2 Å². The molecule has 0 atom stereocenters. The summed E-state index contributed by atoms with van der Waals surface area (Å²) in [6.45, 7) is 0. The highest BCUT2D eigenvalue weighted by atomic mass is 79.9. The minimum Gasteiger partial charge on any atom is -0.276 e. The first-order valence-corrected chi connectivity index (χ1v) is 5.18. The average molecular weight is 317 g/mol. The van der Waals surface area contributed by atoms with Gasteiger partial charge in [-0.25, -0.2) is 0 Å². The van der Waals surface area contributed by atoms with Crippen LogP contribution in [0.15, 0.2) is 27.8 Å². The van der Waals surface area contributed by atoms with Crippen LogP contribution in [0.3, 0.4) is 0 Å². The van der Waals surface area contributed by atoms with Gasteiger partial charge in [0.2, 0.25) is 5.71 Å². The Morgan fingerprint density at radius 1 is 1.28 bits per heavy atom. The Morgan fingerprint density at radius 2 is 1.89 bits per heavy atom. The van der Waals surface area contributed by atoms with E-state index in [2.05, 4.69) is 26.5 Å². The fourth-order valence-corrected chi connectivity index (χ4v) is 1.41. The van der Waals surface area contributed by atoms with E-state index in [9.17, 15) is 13.2 Å². The van der Waals surface area contributed by atoms with E-state index in [0.717, 1.165) is 12.1 Å². The van der Waals surface area contributed by atoms with Crippen molar-refractivity contribution in [2.24, 2.45) is 5.10 Å². The number of alkyl halides is 3. The molecule has 0 amide bonds. The molecule has 1 N–H and O–H groups in total. The van der Waals surface area contributed by atoms with Gasteiger partial charge in [0.05, 0.1) is 11.3 Å². The molecular formula is C10H4BrF3N4. The number of nitrogens with zero attached hydrogens (tertiary/aromatic N) is 3. The zero-order chi connectivity index (χ0) is 13.8. The van der Waals surface area contributed by atoms with E-state index in [1.807, 2.05) is 0 Å². The van der Waals surface area contributed by atoms with Crippen LogP contribution >= 0.6 is 15.9 Å². The molecule has 0 saturated carbocycles. The van der Waals surface area contributed by atoms with Gasteiger partial charge in [-0.1, -0.05) is 15.9 Å². The number of halogens is 4. The molecule has 0 spiro atoms. The highest BCUT2D eigenvalue weighted by Gasteiger charge is 2.33. The molecule has 18 heavy (non-hydrogen) atoms. The Labute approximate surface area is 108 Å². The Morgan fingerprint density at radius 3 is 2.39 bits per heavy atom. The van der Waals surface area contributed by atoms with Crippen molar-refractivity contribution in [3.63, 3.8) is 0 Å². The van der Waals surface area contributed by atoms with E-state index >= 15 is 0 Å². The summed E-state index contributed by atoms with van der Waals surface area (Å²) in [5.41, 5.74) is 0.202. The van der Waals surface area contributed by atoms with Gasteiger partial charge in [0.15, 0.2) is 0 Å². The molecule has 0 bridgehead atoms. The van der Waals surface area contributed by atoms with Crippen LogP contribution in [0.1, 0.15) is 5.56 Å². The van der Waals surface area contributed by atoms with Gasteiger partial charge in [-0.15, -0.1) is 0 Å². The molecule has 8 heteroatoms. The summed E-state index contributed by atoms with van der Waals surface area (Å²) in [6, 6.07) is 6.10. The van der Waals surface area contributed by atoms with Crippen LogP contribution in [0.2, 0.25) is 0 Å². The first-order valence-electron chi connectivity index (χ1n) is 4.39. The van der Waals surface area contributed by atoms with Crippen molar-refractivity contribution < 1.29 is 13.2 Å². The predicted octanol–water partition coefficient (Wildman–Crippen LogP) is 3.28. The zero-order valence-electron chi connectivity index (χ0n) is 8.59. The molecule has 0 saturated heterocycles. The number of hydrogen-bond acceptors (Lipinski definition) is 4. The van der Waals surface area contributed by atoms with Gasteiger partial charge in [0.1, 0.15) is 12.1 Å². The number of hydrogen-bond donors (Lipinski definition) is 1. The minimum atomic E-state index is -4.56. The van der Waals surface area contributed by atoms with Crippen LogP contribution in [-0.4, -0.2) is 5.71 Å². The second kappa shape index (κ2) is 5.52. The third kappa shape index (κ3) is 3.47. The van der Waals surface area contributed by atoms with Gasteiger partial charge in [-0.2, -0.15) is 28.8 Å². The lowest BCUT2D eigenvalue weighted by Gasteiger charge is -2.12. The molecular weight excluding hydrogens is 313 g/mol. The summed E-state index contributed by atoms with van der Waals surface area (Å²) in [7, 11) is 0. The van der Waals surface area contributed by atoms with Crippen molar-refractivity contribution in [1.29, 1.82) is 10.5 Å². The number of hydrazone groups is 1. The second-order valence-electron chi connectivity index (χ2n) is 2.98. The zero-order valence-corrected chi connectivity index (χ0v) is 10.2. The van der Waals surface area contributed by atoms with Gasteiger partial charge >= 0.3 is 6.18 Å². The number of nitrogens with one attached hydrogen (secondary N) is 1. The standard InChI is InChI=1S/C10H4BrF3N4/c11-6-1-2-8(10(12,13)14)9(3-6)18-17-7(4-15)5-16/h1-3,18H. The molecule has 0 radical (unpaired) electrons. The van der Waals surface area contributed by atoms with Crippen molar-refractivity contribution in [1.82, 2.24) is 0 Å². The van der Waals surface area contributed by atoms with Gasteiger partial charge in [0.25, 0.3) is 0 Å². The molecule has 4 nitrogen and oxygen atoms in total. The summed E-state index contributed by atoms with van der Waals surface area (Å²) in [5, 5.41) is 20.1. The van der Waals surface area contributed by atoms with Crippen LogP contribution in [0.25, 0.3) is 0 Å². The third-order valence-electron chi connectivity index (χ3n) is 1.79. The minimum absolute atomic E-state index is 0.347. The first kappa shape index (κ1) is 14.0. The maximum Gasteiger partial charge on any atom is 0.418 e.